The normalized spacial score (nSPS) is 15.6. The van der Waals surface area contributed by atoms with E-state index in [0.717, 1.165) is 0 Å². The van der Waals surface area contributed by atoms with Crippen LogP contribution in [0.2, 0.25) is 0 Å². The molecule has 1 aliphatic rings. The molecule has 1 amide bonds. The summed E-state index contributed by atoms with van der Waals surface area (Å²) in [6, 6.07) is 6.36. The van der Waals surface area contributed by atoms with Crippen LogP contribution in [-0.4, -0.2) is 49.0 Å². The minimum Gasteiger partial charge on any atom is -0.382 e. The summed E-state index contributed by atoms with van der Waals surface area (Å²) in [7, 11) is -3.42. The zero-order chi connectivity index (χ0) is 20.1. The van der Waals surface area contributed by atoms with Gasteiger partial charge in [0.1, 0.15) is 0 Å². The van der Waals surface area contributed by atoms with Gasteiger partial charge in [0.15, 0.2) is 21.3 Å². The topological polar surface area (TPSA) is 137 Å². The number of nitrogens with one attached hydrogen (secondary N) is 1. The van der Waals surface area contributed by atoms with E-state index in [9.17, 15) is 13.2 Å². The van der Waals surface area contributed by atoms with Crippen molar-refractivity contribution < 1.29 is 17.9 Å². The predicted molar refractivity (Wildman–Crippen MR) is 105 cm³/mol. The Morgan fingerprint density at radius 1 is 1.29 bits per heavy atom. The van der Waals surface area contributed by atoms with Gasteiger partial charge < -0.3 is 10.5 Å². The molecule has 3 N–H and O–H groups in total. The van der Waals surface area contributed by atoms with E-state index in [0.29, 0.717) is 37.3 Å². The number of hydrazone groups is 1. The van der Waals surface area contributed by atoms with Gasteiger partial charge in [0.05, 0.1) is 22.0 Å². The Kier molecular flexibility index (Phi) is 6.00. The Labute approximate surface area is 162 Å². The van der Waals surface area contributed by atoms with Crippen LogP contribution in [0.1, 0.15) is 30.3 Å². The first-order valence-corrected chi connectivity index (χ1v) is 10.3. The van der Waals surface area contributed by atoms with Crippen molar-refractivity contribution in [3.8, 4) is 11.3 Å². The highest BCUT2D eigenvalue weighted by Crippen LogP contribution is 2.26. The van der Waals surface area contributed by atoms with Crippen LogP contribution >= 0.6 is 0 Å². The molecule has 1 aliphatic heterocycles. The maximum atomic E-state index is 12.8. The SMILES string of the molecule is C/C=N\NC(=O)c1nc(-c2ccc(S(=O)(=O)C3CCOCC3)cc2)cnc1N. The van der Waals surface area contributed by atoms with Crippen LogP contribution in [0.25, 0.3) is 11.3 Å². The first kappa shape index (κ1) is 19.9. The largest absolute Gasteiger partial charge is 0.382 e. The second kappa shape index (κ2) is 8.44. The lowest BCUT2D eigenvalue weighted by Crippen LogP contribution is -2.28. The van der Waals surface area contributed by atoms with Crippen LogP contribution in [0.5, 0.6) is 0 Å². The van der Waals surface area contributed by atoms with Crippen LogP contribution in [0.15, 0.2) is 40.5 Å². The van der Waals surface area contributed by atoms with Crippen LogP contribution in [-0.2, 0) is 14.6 Å². The zero-order valence-corrected chi connectivity index (χ0v) is 16.1. The molecule has 1 saturated heterocycles. The number of amides is 1. The summed E-state index contributed by atoms with van der Waals surface area (Å²) in [5, 5.41) is 3.22. The standard InChI is InChI=1S/C18H21N5O4S/c1-2-21-23-18(24)16-17(19)20-11-15(22-16)12-3-5-13(6-4-12)28(25,26)14-7-9-27-10-8-14/h2-6,11,14H,7-10H2,1H3,(H2,19,20)(H,23,24)/b21-2-. The van der Waals surface area contributed by atoms with E-state index in [1.165, 1.54) is 12.4 Å². The third kappa shape index (κ3) is 4.18. The maximum absolute atomic E-state index is 12.8. The van der Waals surface area contributed by atoms with Crippen molar-refractivity contribution in [2.75, 3.05) is 18.9 Å². The first-order valence-electron chi connectivity index (χ1n) is 8.76. The Morgan fingerprint density at radius 2 is 1.96 bits per heavy atom. The molecular formula is C18H21N5O4S. The number of hydrogen-bond acceptors (Lipinski definition) is 8. The molecule has 0 atom stereocenters. The van der Waals surface area contributed by atoms with Crippen molar-refractivity contribution in [1.29, 1.82) is 0 Å². The van der Waals surface area contributed by atoms with Gasteiger partial charge in [-0.15, -0.1) is 0 Å². The fourth-order valence-corrected chi connectivity index (χ4v) is 4.59. The van der Waals surface area contributed by atoms with Gasteiger partial charge >= 0.3 is 0 Å². The van der Waals surface area contributed by atoms with E-state index in [4.69, 9.17) is 10.5 Å². The van der Waals surface area contributed by atoms with Gasteiger partial charge in [-0.25, -0.2) is 23.8 Å². The number of nitrogen functional groups attached to an aromatic ring is 1. The number of nitrogens with two attached hydrogens (primary N) is 1. The third-order valence-corrected chi connectivity index (χ3v) is 6.68. The Balaban J connectivity index is 1.86. The zero-order valence-electron chi connectivity index (χ0n) is 15.3. The van der Waals surface area contributed by atoms with Gasteiger partial charge in [-0.1, -0.05) is 12.1 Å². The van der Waals surface area contributed by atoms with Crippen molar-refractivity contribution >= 4 is 27.8 Å². The molecule has 10 heteroatoms. The maximum Gasteiger partial charge on any atom is 0.293 e. The van der Waals surface area contributed by atoms with Gasteiger partial charge in [0, 0.05) is 25.0 Å². The number of rotatable bonds is 5. The molecule has 2 heterocycles. The molecule has 0 radical (unpaired) electrons. The lowest BCUT2D eigenvalue weighted by atomic mass is 10.1. The van der Waals surface area contributed by atoms with E-state index >= 15 is 0 Å². The number of carbonyl (C=O) groups is 1. The van der Waals surface area contributed by atoms with E-state index in [-0.39, 0.29) is 16.4 Å². The van der Waals surface area contributed by atoms with E-state index in [2.05, 4.69) is 20.5 Å². The Morgan fingerprint density at radius 3 is 2.61 bits per heavy atom. The molecule has 0 aliphatic carbocycles. The molecule has 1 fully saturated rings. The number of carbonyl (C=O) groups excluding carboxylic acids is 1. The molecule has 3 rings (SSSR count). The monoisotopic (exact) mass is 403 g/mol. The van der Waals surface area contributed by atoms with E-state index in [1.54, 1.807) is 31.2 Å². The molecule has 0 saturated carbocycles. The number of nitrogens with zero attached hydrogens (tertiary/aromatic N) is 3. The van der Waals surface area contributed by atoms with Crippen LogP contribution in [0, 0.1) is 0 Å². The average molecular weight is 403 g/mol. The minimum absolute atomic E-state index is 0.0220. The molecule has 0 bridgehead atoms. The Bertz CT molecular complexity index is 984. The van der Waals surface area contributed by atoms with Gasteiger partial charge in [0.2, 0.25) is 0 Å². The number of aromatic nitrogens is 2. The van der Waals surface area contributed by atoms with Crippen molar-refractivity contribution in [2.24, 2.45) is 5.10 Å². The number of sulfone groups is 1. The van der Waals surface area contributed by atoms with Crippen molar-refractivity contribution in [1.82, 2.24) is 15.4 Å². The van der Waals surface area contributed by atoms with Gasteiger partial charge in [-0.05, 0) is 31.9 Å². The Hall–Kier alpha value is -2.85. The molecule has 1 aromatic heterocycles. The fraction of sp³-hybridized carbons (Fsp3) is 0.333. The molecule has 28 heavy (non-hydrogen) atoms. The fourth-order valence-electron chi connectivity index (χ4n) is 2.87. The summed E-state index contributed by atoms with van der Waals surface area (Å²) in [5.74, 6) is -0.602. The summed E-state index contributed by atoms with van der Waals surface area (Å²) in [4.78, 5) is 20.6. The van der Waals surface area contributed by atoms with Crippen LogP contribution in [0.3, 0.4) is 0 Å². The number of benzene rings is 1. The predicted octanol–water partition coefficient (Wildman–Crippen LogP) is 1.41. The second-order valence-corrected chi connectivity index (χ2v) is 8.43. The van der Waals surface area contributed by atoms with Crippen LogP contribution < -0.4 is 11.2 Å². The highest BCUT2D eigenvalue weighted by molar-refractivity contribution is 7.92. The molecule has 9 nitrogen and oxygen atoms in total. The molecule has 0 spiro atoms. The molecule has 148 valence electrons. The van der Waals surface area contributed by atoms with Crippen LogP contribution in [0.4, 0.5) is 5.82 Å². The molecule has 1 aromatic carbocycles. The number of hydrogen-bond donors (Lipinski definition) is 2. The second-order valence-electron chi connectivity index (χ2n) is 6.20. The quantitative estimate of drug-likeness (QED) is 0.569. The summed E-state index contributed by atoms with van der Waals surface area (Å²) in [5.41, 5.74) is 8.98. The van der Waals surface area contributed by atoms with Gasteiger partial charge in [-0.2, -0.15) is 5.10 Å². The van der Waals surface area contributed by atoms with Gasteiger partial charge in [-0.3, -0.25) is 4.79 Å². The highest BCUT2D eigenvalue weighted by Gasteiger charge is 2.29. The molecular weight excluding hydrogens is 382 g/mol. The highest BCUT2D eigenvalue weighted by atomic mass is 32.2. The minimum atomic E-state index is -3.42. The van der Waals surface area contributed by atoms with E-state index in [1.807, 2.05) is 0 Å². The number of anilines is 1. The summed E-state index contributed by atoms with van der Waals surface area (Å²) in [6.07, 6.45) is 3.83. The number of ether oxygens (including phenoxy) is 1. The smallest absolute Gasteiger partial charge is 0.293 e. The third-order valence-electron chi connectivity index (χ3n) is 4.40. The lowest BCUT2D eigenvalue weighted by molar-refractivity contribution is 0.0950. The van der Waals surface area contributed by atoms with Crippen molar-refractivity contribution in [3.05, 3.63) is 36.2 Å². The average Bonchev–Trinajstić information content (AvgIpc) is 2.73. The summed E-state index contributed by atoms with van der Waals surface area (Å²) >= 11 is 0. The molecule has 0 unspecified atom stereocenters. The molecule has 2 aromatic rings. The van der Waals surface area contributed by atoms with Crippen molar-refractivity contribution in [3.63, 3.8) is 0 Å². The van der Waals surface area contributed by atoms with Gasteiger partial charge in [0.25, 0.3) is 5.91 Å². The van der Waals surface area contributed by atoms with Crippen molar-refractivity contribution in [2.45, 2.75) is 29.9 Å². The summed E-state index contributed by atoms with van der Waals surface area (Å²) in [6.45, 7) is 2.56. The first-order chi connectivity index (χ1) is 13.4. The summed E-state index contributed by atoms with van der Waals surface area (Å²) < 4.78 is 30.8. The van der Waals surface area contributed by atoms with E-state index < -0.39 is 21.0 Å². The lowest BCUT2D eigenvalue weighted by Gasteiger charge is -2.22.